The van der Waals surface area contributed by atoms with Crippen molar-refractivity contribution in [3.8, 4) is 22.5 Å². The zero-order chi connectivity index (χ0) is 12.5. The lowest BCUT2D eigenvalue weighted by Crippen LogP contribution is -1.90. The number of rotatable bonds is 2. The molecule has 0 aliphatic carbocycles. The lowest BCUT2D eigenvalue weighted by molar-refractivity contribution is 1.10. The topological polar surface area (TPSA) is 67.6 Å². The number of H-pyrrole nitrogens is 1. The number of thiophene rings is 1. The van der Waals surface area contributed by atoms with Crippen molar-refractivity contribution in [2.75, 3.05) is 5.73 Å². The molecule has 0 saturated heterocycles. The van der Waals surface area contributed by atoms with Crippen LogP contribution in [-0.2, 0) is 0 Å². The van der Waals surface area contributed by atoms with E-state index in [0.29, 0.717) is 5.82 Å². The van der Waals surface area contributed by atoms with E-state index in [2.05, 4.69) is 49.2 Å². The molecule has 0 unspecified atom stereocenters. The Labute approximate surface area is 121 Å². The fourth-order valence-electron chi connectivity index (χ4n) is 1.78. The van der Waals surface area contributed by atoms with E-state index in [0.717, 1.165) is 22.5 Å². The number of hydrogen-bond acceptors (Lipinski definition) is 4. The molecule has 0 radical (unpaired) electrons. The molecule has 0 aliphatic rings. The van der Waals surface area contributed by atoms with Crippen LogP contribution in [0.25, 0.3) is 22.5 Å². The van der Waals surface area contributed by atoms with E-state index < -0.39 is 0 Å². The van der Waals surface area contributed by atoms with Crippen molar-refractivity contribution in [1.29, 1.82) is 0 Å². The van der Waals surface area contributed by atoms with E-state index in [9.17, 15) is 0 Å². The summed E-state index contributed by atoms with van der Waals surface area (Å²) in [6, 6.07) is 7.86. The third-order valence-corrected chi connectivity index (χ3v) is 4.36. The van der Waals surface area contributed by atoms with E-state index in [4.69, 9.17) is 5.73 Å². The average molecular weight is 368 g/mol. The molecular weight excluding hydrogens is 359 g/mol. The summed E-state index contributed by atoms with van der Waals surface area (Å²) in [5.74, 6) is 0.477. The fraction of sp³-hybridized carbons (Fsp3) is 0. The number of aromatic amines is 1. The van der Waals surface area contributed by atoms with Gasteiger partial charge in [-0.25, -0.2) is 0 Å². The molecule has 3 aromatic heterocycles. The van der Waals surface area contributed by atoms with Crippen LogP contribution in [0.3, 0.4) is 0 Å². The first kappa shape index (κ1) is 11.7. The van der Waals surface area contributed by atoms with Crippen LogP contribution in [0, 0.1) is 2.88 Å². The number of pyridine rings is 1. The Morgan fingerprint density at radius 2 is 2.22 bits per heavy atom. The summed E-state index contributed by atoms with van der Waals surface area (Å²) in [7, 11) is 0. The van der Waals surface area contributed by atoms with E-state index in [-0.39, 0.29) is 0 Å². The molecule has 0 amide bonds. The molecule has 0 aromatic carbocycles. The van der Waals surface area contributed by atoms with Crippen molar-refractivity contribution in [2.24, 2.45) is 0 Å². The van der Waals surface area contributed by atoms with Crippen molar-refractivity contribution in [3.05, 3.63) is 38.7 Å². The molecule has 6 heteroatoms. The Balaban J connectivity index is 2.18. The molecule has 3 heterocycles. The van der Waals surface area contributed by atoms with E-state index >= 15 is 0 Å². The molecule has 90 valence electrons. The molecule has 3 rings (SSSR count). The van der Waals surface area contributed by atoms with Crippen molar-refractivity contribution >= 4 is 39.7 Å². The Kier molecular flexibility index (Phi) is 3.04. The fourth-order valence-corrected chi connectivity index (χ4v) is 3.11. The Morgan fingerprint density at radius 1 is 1.33 bits per heavy atom. The Bertz CT molecular complexity index is 674. The maximum Gasteiger partial charge on any atom is 0.155 e. The van der Waals surface area contributed by atoms with Gasteiger partial charge in [0.2, 0.25) is 0 Å². The highest BCUT2D eigenvalue weighted by molar-refractivity contribution is 14.1. The van der Waals surface area contributed by atoms with Crippen LogP contribution >= 0.6 is 33.9 Å². The van der Waals surface area contributed by atoms with Crippen LogP contribution in [0.5, 0.6) is 0 Å². The first-order chi connectivity index (χ1) is 8.75. The molecule has 4 nitrogen and oxygen atoms in total. The summed E-state index contributed by atoms with van der Waals surface area (Å²) < 4.78 is 1.22. The van der Waals surface area contributed by atoms with Crippen molar-refractivity contribution < 1.29 is 0 Å². The zero-order valence-electron chi connectivity index (χ0n) is 9.22. The standard InChI is InChI=1S/C12H9IN4S/c13-9-5-7(6-18-9)11-10(12(14)17-16-11)8-3-1-2-4-15-8/h1-6H,(H3,14,16,17). The Hall–Kier alpha value is -1.41. The minimum absolute atomic E-state index is 0.477. The minimum Gasteiger partial charge on any atom is -0.382 e. The highest BCUT2D eigenvalue weighted by Crippen LogP contribution is 2.35. The number of hydrogen-bond donors (Lipinski definition) is 2. The second kappa shape index (κ2) is 4.69. The first-order valence-corrected chi connectivity index (χ1v) is 7.21. The summed E-state index contributed by atoms with van der Waals surface area (Å²) in [5, 5.41) is 9.17. The predicted octanol–water partition coefficient (Wildman–Crippen LogP) is 3.39. The number of nitrogens with two attached hydrogens (primary N) is 1. The van der Waals surface area contributed by atoms with Gasteiger partial charge in [0.15, 0.2) is 5.82 Å². The summed E-state index contributed by atoms with van der Waals surface area (Å²) in [6.45, 7) is 0. The van der Waals surface area contributed by atoms with Crippen molar-refractivity contribution in [2.45, 2.75) is 0 Å². The summed E-state index contributed by atoms with van der Waals surface area (Å²) in [4.78, 5) is 4.34. The van der Waals surface area contributed by atoms with Crippen LogP contribution in [0.1, 0.15) is 0 Å². The molecule has 0 spiro atoms. The van der Waals surface area contributed by atoms with E-state index in [1.165, 1.54) is 2.88 Å². The third kappa shape index (κ3) is 2.01. The number of nitrogen functional groups attached to an aromatic ring is 1. The molecule has 0 saturated carbocycles. The largest absolute Gasteiger partial charge is 0.382 e. The molecule has 0 bridgehead atoms. The maximum atomic E-state index is 5.94. The molecule has 18 heavy (non-hydrogen) atoms. The monoisotopic (exact) mass is 368 g/mol. The van der Waals surface area contributed by atoms with Gasteiger partial charge in [0.1, 0.15) is 0 Å². The van der Waals surface area contributed by atoms with Crippen LogP contribution in [0.4, 0.5) is 5.82 Å². The summed E-state index contributed by atoms with van der Waals surface area (Å²) >= 11 is 3.99. The van der Waals surface area contributed by atoms with E-state index in [1.807, 2.05) is 18.2 Å². The van der Waals surface area contributed by atoms with Crippen LogP contribution in [0.2, 0.25) is 0 Å². The summed E-state index contributed by atoms with van der Waals surface area (Å²) in [5.41, 5.74) is 9.65. The third-order valence-electron chi connectivity index (χ3n) is 2.57. The van der Waals surface area contributed by atoms with Gasteiger partial charge in [-0.1, -0.05) is 6.07 Å². The molecule has 0 atom stereocenters. The van der Waals surface area contributed by atoms with Crippen molar-refractivity contribution in [3.63, 3.8) is 0 Å². The quantitative estimate of drug-likeness (QED) is 0.682. The van der Waals surface area contributed by atoms with Gasteiger partial charge < -0.3 is 5.73 Å². The molecule has 0 fully saturated rings. The van der Waals surface area contributed by atoms with Crippen LogP contribution in [-0.4, -0.2) is 15.2 Å². The highest BCUT2D eigenvalue weighted by Gasteiger charge is 2.16. The number of nitrogens with one attached hydrogen (secondary N) is 1. The molecule has 0 aliphatic heterocycles. The number of halogens is 1. The minimum atomic E-state index is 0.477. The smallest absolute Gasteiger partial charge is 0.155 e. The second-order valence-corrected chi connectivity index (χ2v) is 6.52. The maximum absolute atomic E-state index is 5.94. The van der Waals surface area contributed by atoms with Gasteiger partial charge in [-0.2, -0.15) is 5.10 Å². The number of anilines is 1. The summed E-state index contributed by atoms with van der Waals surface area (Å²) in [6.07, 6.45) is 1.75. The molecular formula is C12H9IN4S. The lowest BCUT2D eigenvalue weighted by atomic mass is 10.1. The van der Waals surface area contributed by atoms with Crippen molar-refractivity contribution in [1.82, 2.24) is 15.2 Å². The van der Waals surface area contributed by atoms with Crippen LogP contribution < -0.4 is 5.73 Å². The number of aromatic nitrogens is 3. The van der Waals surface area contributed by atoms with Gasteiger partial charge >= 0.3 is 0 Å². The van der Waals surface area contributed by atoms with Crippen LogP contribution in [0.15, 0.2) is 35.8 Å². The molecule has 3 aromatic rings. The zero-order valence-corrected chi connectivity index (χ0v) is 12.2. The van der Waals surface area contributed by atoms with Gasteiger partial charge in [-0.3, -0.25) is 10.1 Å². The molecule has 3 N–H and O–H groups in total. The average Bonchev–Trinajstić information content (AvgIpc) is 2.96. The van der Waals surface area contributed by atoms with E-state index in [1.54, 1.807) is 17.5 Å². The normalized spacial score (nSPS) is 10.7. The predicted molar refractivity (Wildman–Crippen MR) is 82.3 cm³/mol. The SMILES string of the molecule is Nc1n[nH]c(-c2csc(I)c2)c1-c1ccccn1. The van der Waals surface area contributed by atoms with Gasteiger partial charge in [-0.05, 0) is 40.8 Å². The van der Waals surface area contributed by atoms with Gasteiger partial charge in [0.05, 0.1) is 19.8 Å². The lowest BCUT2D eigenvalue weighted by Gasteiger charge is -2.01. The highest BCUT2D eigenvalue weighted by atomic mass is 127. The first-order valence-electron chi connectivity index (χ1n) is 5.25. The second-order valence-electron chi connectivity index (χ2n) is 3.71. The van der Waals surface area contributed by atoms with Gasteiger partial charge in [0.25, 0.3) is 0 Å². The van der Waals surface area contributed by atoms with Gasteiger partial charge in [-0.15, -0.1) is 11.3 Å². The number of nitrogens with zero attached hydrogens (tertiary/aromatic N) is 2. The van der Waals surface area contributed by atoms with Gasteiger partial charge in [0, 0.05) is 17.1 Å². The Morgan fingerprint density at radius 3 is 2.89 bits per heavy atom.